The van der Waals surface area contributed by atoms with Gasteiger partial charge in [0.2, 0.25) is 0 Å². The summed E-state index contributed by atoms with van der Waals surface area (Å²) in [4.78, 5) is 18.1. The summed E-state index contributed by atoms with van der Waals surface area (Å²) in [6, 6.07) is 5.78. The number of carbonyl (C=O) groups excluding carboxylic acids is 1. The van der Waals surface area contributed by atoms with E-state index >= 15 is 0 Å². The molecule has 1 aromatic rings. The van der Waals surface area contributed by atoms with E-state index in [-0.39, 0.29) is 5.78 Å². The molecule has 4 nitrogen and oxygen atoms in total. The van der Waals surface area contributed by atoms with Gasteiger partial charge in [0.05, 0.1) is 6.54 Å². The van der Waals surface area contributed by atoms with Crippen molar-refractivity contribution in [2.45, 2.75) is 18.9 Å². The Bertz CT molecular complexity index is 353. The Hall–Kier alpha value is -1.26. The third kappa shape index (κ3) is 2.46. The van der Waals surface area contributed by atoms with E-state index in [1.807, 2.05) is 12.1 Å². The van der Waals surface area contributed by atoms with Gasteiger partial charge in [-0.05, 0) is 31.5 Å². The van der Waals surface area contributed by atoms with Gasteiger partial charge in [0, 0.05) is 18.8 Å². The molecule has 16 heavy (non-hydrogen) atoms. The van der Waals surface area contributed by atoms with Crippen LogP contribution in [0, 0.1) is 0 Å². The molecule has 0 bridgehead atoms. The Morgan fingerprint density at radius 2 is 2.44 bits per heavy atom. The van der Waals surface area contributed by atoms with E-state index in [2.05, 4.69) is 9.88 Å². The maximum atomic E-state index is 11.9. The minimum atomic E-state index is 0.0842. The molecule has 1 saturated heterocycles. The van der Waals surface area contributed by atoms with Crippen molar-refractivity contribution in [1.29, 1.82) is 0 Å². The number of aromatic nitrogens is 1. The van der Waals surface area contributed by atoms with Crippen LogP contribution in [0.2, 0.25) is 0 Å². The van der Waals surface area contributed by atoms with Crippen LogP contribution < -0.4 is 5.73 Å². The molecule has 1 atom stereocenters. The number of ketones is 1. The predicted octanol–water partition coefficient (Wildman–Crippen LogP) is 0.687. The zero-order valence-electron chi connectivity index (χ0n) is 9.30. The minimum Gasteiger partial charge on any atom is -0.329 e. The van der Waals surface area contributed by atoms with Gasteiger partial charge in [0.1, 0.15) is 5.69 Å². The quantitative estimate of drug-likeness (QED) is 0.757. The van der Waals surface area contributed by atoms with Gasteiger partial charge in [-0.25, -0.2) is 0 Å². The molecular weight excluding hydrogens is 202 g/mol. The highest BCUT2D eigenvalue weighted by Crippen LogP contribution is 2.16. The summed E-state index contributed by atoms with van der Waals surface area (Å²) in [6.07, 6.45) is 3.89. The predicted molar refractivity (Wildman–Crippen MR) is 62.2 cm³/mol. The second-order valence-electron chi connectivity index (χ2n) is 4.14. The van der Waals surface area contributed by atoms with E-state index < -0.39 is 0 Å². The molecular formula is C12H17N3O. The lowest BCUT2D eigenvalue weighted by Gasteiger charge is -2.21. The van der Waals surface area contributed by atoms with Crippen molar-refractivity contribution in [3.8, 4) is 0 Å². The van der Waals surface area contributed by atoms with E-state index in [1.54, 1.807) is 12.3 Å². The van der Waals surface area contributed by atoms with Crippen molar-refractivity contribution in [3.63, 3.8) is 0 Å². The van der Waals surface area contributed by atoms with Crippen LogP contribution in [-0.4, -0.2) is 41.3 Å². The zero-order valence-corrected chi connectivity index (χ0v) is 9.30. The Kier molecular flexibility index (Phi) is 3.64. The summed E-state index contributed by atoms with van der Waals surface area (Å²) in [5.41, 5.74) is 6.22. The Balaban J connectivity index is 1.97. The van der Waals surface area contributed by atoms with Crippen molar-refractivity contribution in [2.75, 3.05) is 19.6 Å². The van der Waals surface area contributed by atoms with Crippen LogP contribution in [0.5, 0.6) is 0 Å². The van der Waals surface area contributed by atoms with E-state index in [9.17, 15) is 4.79 Å². The number of rotatable bonds is 4. The number of hydrogen-bond donors (Lipinski definition) is 1. The SMILES string of the molecule is NCC1CCCN1CC(=O)c1ccccn1. The van der Waals surface area contributed by atoms with Gasteiger partial charge in [-0.2, -0.15) is 0 Å². The molecule has 86 valence electrons. The van der Waals surface area contributed by atoms with Gasteiger partial charge in [-0.1, -0.05) is 6.07 Å². The summed E-state index contributed by atoms with van der Waals surface area (Å²) < 4.78 is 0. The maximum absolute atomic E-state index is 11.9. The van der Waals surface area contributed by atoms with Crippen LogP contribution in [0.1, 0.15) is 23.3 Å². The van der Waals surface area contributed by atoms with E-state index in [1.165, 1.54) is 0 Å². The number of hydrogen-bond acceptors (Lipinski definition) is 4. The van der Waals surface area contributed by atoms with Crippen LogP contribution in [0.4, 0.5) is 0 Å². The number of carbonyl (C=O) groups is 1. The van der Waals surface area contributed by atoms with Crippen LogP contribution in [0.3, 0.4) is 0 Å². The highest BCUT2D eigenvalue weighted by atomic mass is 16.1. The van der Waals surface area contributed by atoms with E-state index in [0.717, 1.165) is 19.4 Å². The van der Waals surface area contributed by atoms with Crippen LogP contribution in [0.25, 0.3) is 0 Å². The highest BCUT2D eigenvalue weighted by Gasteiger charge is 2.25. The Morgan fingerprint density at radius 3 is 3.12 bits per heavy atom. The second-order valence-corrected chi connectivity index (χ2v) is 4.14. The summed E-state index contributed by atoms with van der Waals surface area (Å²) in [7, 11) is 0. The molecule has 0 radical (unpaired) electrons. The fourth-order valence-electron chi connectivity index (χ4n) is 2.16. The molecule has 0 spiro atoms. The first kappa shape index (κ1) is 11.2. The topological polar surface area (TPSA) is 59.2 Å². The third-order valence-corrected chi connectivity index (χ3v) is 3.07. The first-order valence-electron chi connectivity index (χ1n) is 5.69. The molecule has 0 saturated carbocycles. The van der Waals surface area contributed by atoms with Crippen molar-refractivity contribution in [3.05, 3.63) is 30.1 Å². The maximum Gasteiger partial charge on any atom is 0.195 e. The standard InChI is InChI=1S/C12H17N3O/c13-8-10-4-3-7-15(10)9-12(16)11-5-1-2-6-14-11/h1-2,5-6,10H,3-4,7-9,13H2. The fraction of sp³-hybridized carbons (Fsp3) is 0.500. The van der Waals surface area contributed by atoms with Crippen molar-refractivity contribution in [2.24, 2.45) is 5.73 Å². The summed E-state index contributed by atoms with van der Waals surface area (Å²) in [5.74, 6) is 0.0842. The first-order valence-corrected chi connectivity index (χ1v) is 5.69. The molecule has 2 rings (SSSR count). The van der Waals surface area contributed by atoms with Crippen molar-refractivity contribution < 1.29 is 4.79 Å². The molecule has 0 amide bonds. The number of pyridine rings is 1. The van der Waals surface area contributed by atoms with Gasteiger partial charge in [0.25, 0.3) is 0 Å². The summed E-state index contributed by atoms with van der Waals surface area (Å²) >= 11 is 0. The molecule has 0 aromatic carbocycles. The summed E-state index contributed by atoms with van der Waals surface area (Å²) in [5, 5.41) is 0. The molecule has 1 aliphatic rings. The normalized spacial score (nSPS) is 21.2. The number of likely N-dealkylation sites (tertiary alicyclic amines) is 1. The average molecular weight is 219 g/mol. The molecule has 2 N–H and O–H groups in total. The van der Waals surface area contributed by atoms with Gasteiger partial charge in [0.15, 0.2) is 5.78 Å². The lowest BCUT2D eigenvalue weighted by Crippen LogP contribution is -2.38. The summed E-state index contributed by atoms with van der Waals surface area (Å²) in [6.45, 7) is 2.05. The highest BCUT2D eigenvalue weighted by molar-refractivity contribution is 5.95. The molecule has 1 aromatic heterocycles. The van der Waals surface area contributed by atoms with Crippen molar-refractivity contribution in [1.82, 2.24) is 9.88 Å². The molecule has 2 heterocycles. The lowest BCUT2D eigenvalue weighted by molar-refractivity contribution is 0.0919. The molecule has 0 aliphatic carbocycles. The fourth-order valence-corrected chi connectivity index (χ4v) is 2.16. The zero-order chi connectivity index (χ0) is 11.4. The molecule has 4 heteroatoms. The van der Waals surface area contributed by atoms with Crippen molar-refractivity contribution >= 4 is 5.78 Å². The van der Waals surface area contributed by atoms with E-state index in [0.29, 0.717) is 24.8 Å². The van der Waals surface area contributed by atoms with Gasteiger partial charge in [-0.15, -0.1) is 0 Å². The average Bonchev–Trinajstić information content (AvgIpc) is 2.77. The van der Waals surface area contributed by atoms with Gasteiger partial charge >= 0.3 is 0 Å². The first-order chi connectivity index (χ1) is 7.81. The van der Waals surface area contributed by atoms with Crippen LogP contribution in [-0.2, 0) is 0 Å². The van der Waals surface area contributed by atoms with Gasteiger partial charge < -0.3 is 5.73 Å². The number of Topliss-reactive ketones (excluding diaryl/α,β-unsaturated/α-hetero) is 1. The Morgan fingerprint density at radius 1 is 1.56 bits per heavy atom. The smallest absolute Gasteiger partial charge is 0.195 e. The largest absolute Gasteiger partial charge is 0.329 e. The molecule has 1 aliphatic heterocycles. The minimum absolute atomic E-state index is 0.0842. The number of nitrogens with two attached hydrogens (primary N) is 1. The Labute approximate surface area is 95.5 Å². The second kappa shape index (κ2) is 5.18. The lowest BCUT2D eigenvalue weighted by atomic mass is 10.2. The van der Waals surface area contributed by atoms with E-state index in [4.69, 9.17) is 5.73 Å². The number of nitrogens with zero attached hydrogens (tertiary/aromatic N) is 2. The monoisotopic (exact) mass is 219 g/mol. The van der Waals surface area contributed by atoms with Crippen LogP contribution >= 0.6 is 0 Å². The van der Waals surface area contributed by atoms with Crippen LogP contribution in [0.15, 0.2) is 24.4 Å². The molecule has 1 unspecified atom stereocenters. The van der Waals surface area contributed by atoms with Gasteiger partial charge in [-0.3, -0.25) is 14.7 Å². The molecule has 1 fully saturated rings. The third-order valence-electron chi connectivity index (χ3n) is 3.07.